The number of aromatic nitrogens is 1. The van der Waals surface area contributed by atoms with E-state index in [0.717, 1.165) is 0 Å². The van der Waals surface area contributed by atoms with E-state index in [-0.39, 0.29) is 23.1 Å². The summed E-state index contributed by atoms with van der Waals surface area (Å²) in [5.74, 6) is -1.25. The van der Waals surface area contributed by atoms with Crippen LogP contribution >= 0.6 is 0 Å². The Balaban J connectivity index is 2.76. The molecule has 0 saturated carbocycles. The summed E-state index contributed by atoms with van der Waals surface area (Å²) in [5.41, 5.74) is 0.270. The van der Waals surface area contributed by atoms with E-state index in [9.17, 15) is 14.4 Å². The van der Waals surface area contributed by atoms with Gasteiger partial charge in [-0.2, -0.15) is 0 Å². The summed E-state index contributed by atoms with van der Waals surface area (Å²) in [7, 11) is 1.26. The Kier molecular flexibility index (Phi) is 4.95. The normalized spacial score (nSPS) is 10.3. The van der Waals surface area contributed by atoms with E-state index in [1.807, 2.05) is 0 Å². The fraction of sp³-hybridized carbons (Fsp3) is 0.235. The number of pyridine rings is 1. The van der Waals surface area contributed by atoms with Crippen molar-refractivity contribution in [2.45, 2.75) is 13.5 Å². The average Bonchev–Trinajstić information content (AvgIpc) is 2.56. The molecule has 0 aliphatic heterocycles. The van der Waals surface area contributed by atoms with E-state index < -0.39 is 17.4 Å². The predicted octanol–water partition coefficient (Wildman–Crippen LogP) is 2.15. The third kappa shape index (κ3) is 3.15. The maximum atomic E-state index is 12.6. The molecule has 0 fully saturated rings. The second-order valence-corrected chi connectivity index (χ2v) is 4.76. The number of fused-ring (bicyclic) bond motifs is 1. The van der Waals surface area contributed by atoms with Gasteiger partial charge >= 0.3 is 11.9 Å². The van der Waals surface area contributed by atoms with Gasteiger partial charge in [-0.15, -0.1) is 6.58 Å². The lowest BCUT2D eigenvalue weighted by molar-refractivity contribution is 0.0523. The molecule has 0 saturated heterocycles. The Morgan fingerprint density at radius 2 is 2.04 bits per heavy atom. The van der Waals surface area contributed by atoms with Crippen LogP contribution in [-0.4, -0.2) is 30.2 Å². The molecule has 120 valence electrons. The first kappa shape index (κ1) is 16.5. The van der Waals surface area contributed by atoms with Crippen molar-refractivity contribution >= 4 is 22.8 Å². The highest BCUT2D eigenvalue weighted by Gasteiger charge is 2.17. The highest BCUT2D eigenvalue weighted by Crippen LogP contribution is 2.16. The van der Waals surface area contributed by atoms with Crippen LogP contribution in [0.4, 0.5) is 0 Å². The first-order chi connectivity index (χ1) is 11.0. The summed E-state index contributed by atoms with van der Waals surface area (Å²) in [6.45, 7) is 5.90. The zero-order valence-electron chi connectivity index (χ0n) is 13.0. The Bertz CT molecular complexity index is 835. The molecule has 6 nitrogen and oxygen atoms in total. The Labute approximate surface area is 132 Å². The molecule has 2 rings (SSSR count). The van der Waals surface area contributed by atoms with E-state index >= 15 is 0 Å². The summed E-state index contributed by atoms with van der Waals surface area (Å²) in [4.78, 5) is 36.2. The second kappa shape index (κ2) is 6.91. The van der Waals surface area contributed by atoms with Gasteiger partial charge in [-0.1, -0.05) is 6.08 Å². The third-order valence-corrected chi connectivity index (χ3v) is 3.32. The van der Waals surface area contributed by atoms with Crippen LogP contribution in [0, 0.1) is 0 Å². The van der Waals surface area contributed by atoms with Crippen LogP contribution in [-0.2, 0) is 16.0 Å². The summed E-state index contributed by atoms with van der Waals surface area (Å²) in [6.07, 6.45) is 3.09. The largest absolute Gasteiger partial charge is 0.465 e. The standard InChI is InChI=1S/C17H17NO5/c1-4-8-18-10-13(17(21)23-5-2)15(19)12-9-11(16(20)22-3)6-7-14(12)18/h4,6-7,9-10H,1,5,8H2,2-3H3. The minimum atomic E-state index is -0.694. The number of esters is 2. The number of rotatable bonds is 5. The molecule has 1 aromatic carbocycles. The van der Waals surface area contributed by atoms with Crippen LogP contribution < -0.4 is 5.43 Å². The van der Waals surface area contributed by atoms with Gasteiger partial charge in [0, 0.05) is 18.1 Å². The lowest BCUT2D eigenvalue weighted by atomic mass is 10.1. The molecule has 0 bridgehead atoms. The van der Waals surface area contributed by atoms with E-state index in [0.29, 0.717) is 12.1 Å². The molecule has 1 aromatic heterocycles. The molecular weight excluding hydrogens is 298 g/mol. The molecule has 1 heterocycles. The number of methoxy groups -OCH3 is 1. The van der Waals surface area contributed by atoms with Crippen molar-refractivity contribution in [3.63, 3.8) is 0 Å². The minimum Gasteiger partial charge on any atom is -0.465 e. The van der Waals surface area contributed by atoms with Gasteiger partial charge in [0.1, 0.15) is 5.56 Å². The summed E-state index contributed by atoms with van der Waals surface area (Å²) in [6, 6.07) is 4.63. The number of benzene rings is 1. The molecule has 0 spiro atoms. The minimum absolute atomic E-state index is 0.0804. The van der Waals surface area contributed by atoms with Crippen LogP contribution in [0.1, 0.15) is 27.6 Å². The molecule has 0 amide bonds. The van der Waals surface area contributed by atoms with Crippen molar-refractivity contribution in [1.82, 2.24) is 4.57 Å². The number of nitrogens with zero attached hydrogens (tertiary/aromatic N) is 1. The second-order valence-electron chi connectivity index (χ2n) is 4.76. The third-order valence-electron chi connectivity index (χ3n) is 3.32. The molecule has 6 heteroatoms. The fourth-order valence-corrected chi connectivity index (χ4v) is 2.29. The van der Waals surface area contributed by atoms with E-state index in [1.54, 1.807) is 29.7 Å². The number of carbonyl (C=O) groups excluding carboxylic acids is 2. The maximum absolute atomic E-state index is 12.6. The van der Waals surface area contributed by atoms with Crippen molar-refractivity contribution in [2.24, 2.45) is 0 Å². The molecule has 0 atom stereocenters. The molecule has 0 N–H and O–H groups in total. The van der Waals surface area contributed by atoms with Crippen molar-refractivity contribution in [2.75, 3.05) is 13.7 Å². The van der Waals surface area contributed by atoms with Gasteiger partial charge in [-0.3, -0.25) is 4.79 Å². The van der Waals surface area contributed by atoms with Crippen molar-refractivity contribution in [1.29, 1.82) is 0 Å². The van der Waals surface area contributed by atoms with Crippen LogP contribution in [0.5, 0.6) is 0 Å². The highest BCUT2D eigenvalue weighted by atomic mass is 16.5. The quantitative estimate of drug-likeness (QED) is 0.624. The summed E-state index contributed by atoms with van der Waals surface area (Å²) < 4.78 is 11.3. The monoisotopic (exact) mass is 315 g/mol. The maximum Gasteiger partial charge on any atom is 0.343 e. The smallest absolute Gasteiger partial charge is 0.343 e. The Morgan fingerprint density at radius 1 is 1.30 bits per heavy atom. The number of ether oxygens (including phenoxy) is 2. The molecule has 0 unspecified atom stereocenters. The zero-order valence-corrected chi connectivity index (χ0v) is 13.0. The molecule has 2 aromatic rings. The zero-order chi connectivity index (χ0) is 17.0. The van der Waals surface area contributed by atoms with Crippen LogP contribution in [0.2, 0.25) is 0 Å². The van der Waals surface area contributed by atoms with Gasteiger partial charge < -0.3 is 14.0 Å². The highest BCUT2D eigenvalue weighted by molar-refractivity contribution is 5.97. The molecule has 0 aliphatic rings. The number of hydrogen-bond acceptors (Lipinski definition) is 5. The van der Waals surface area contributed by atoms with Gasteiger partial charge in [-0.05, 0) is 25.1 Å². The molecular formula is C17H17NO5. The van der Waals surface area contributed by atoms with Gasteiger partial charge in [-0.25, -0.2) is 9.59 Å². The molecule has 0 aliphatic carbocycles. The van der Waals surface area contributed by atoms with Crippen molar-refractivity contribution in [3.05, 3.63) is 58.4 Å². The van der Waals surface area contributed by atoms with E-state index in [4.69, 9.17) is 4.74 Å². The topological polar surface area (TPSA) is 74.6 Å². The first-order valence-corrected chi connectivity index (χ1v) is 7.07. The lowest BCUT2D eigenvalue weighted by Gasteiger charge is -2.12. The summed E-state index contributed by atoms with van der Waals surface area (Å²) >= 11 is 0. The van der Waals surface area contributed by atoms with E-state index in [1.165, 1.54) is 19.4 Å². The van der Waals surface area contributed by atoms with Gasteiger partial charge in [0.05, 0.1) is 24.8 Å². The van der Waals surface area contributed by atoms with Crippen LogP contribution in [0.3, 0.4) is 0 Å². The number of carbonyl (C=O) groups is 2. The Hall–Kier alpha value is -2.89. The first-order valence-electron chi connectivity index (χ1n) is 7.07. The van der Waals surface area contributed by atoms with Gasteiger partial charge in [0.2, 0.25) is 5.43 Å². The fourth-order valence-electron chi connectivity index (χ4n) is 2.29. The Morgan fingerprint density at radius 3 is 2.65 bits per heavy atom. The molecule has 0 radical (unpaired) electrons. The van der Waals surface area contributed by atoms with Gasteiger partial charge in [0.25, 0.3) is 0 Å². The van der Waals surface area contributed by atoms with Crippen LogP contribution in [0.15, 0.2) is 41.8 Å². The molecule has 23 heavy (non-hydrogen) atoms. The number of allylic oxidation sites excluding steroid dienone is 1. The van der Waals surface area contributed by atoms with Crippen molar-refractivity contribution < 1.29 is 19.1 Å². The summed E-state index contributed by atoms with van der Waals surface area (Å²) in [5, 5.41) is 0.250. The van der Waals surface area contributed by atoms with E-state index in [2.05, 4.69) is 11.3 Å². The van der Waals surface area contributed by atoms with Gasteiger partial charge in [0.15, 0.2) is 0 Å². The SMILES string of the molecule is C=CCn1cc(C(=O)OCC)c(=O)c2cc(C(=O)OC)ccc21. The van der Waals surface area contributed by atoms with Crippen LogP contribution in [0.25, 0.3) is 10.9 Å². The lowest BCUT2D eigenvalue weighted by Crippen LogP contribution is -2.21. The number of hydrogen-bond donors (Lipinski definition) is 0. The van der Waals surface area contributed by atoms with Crippen molar-refractivity contribution in [3.8, 4) is 0 Å². The predicted molar refractivity (Wildman–Crippen MR) is 85.7 cm³/mol. The average molecular weight is 315 g/mol.